The maximum atomic E-state index is 13.7. The molecule has 0 aromatic rings. The minimum Gasteiger partial charge on any atom is -0.458 e. The fourth-order valence-electron chi connectivity index (χ4n) is 10.1. The molecule has 0 saturated carbocycles. The van der Waals surface area contributed by atoms with E-state index < -0.39 is 108 Å². The van der Waals surface area contributed by atoms with Crippen LogP contribution in [0.15, 0.2) is 36.5 Å². The van der Waals surface area contributed by atoms with Gasteiger partial charge in [0.25, 0.3) is 0 Å². The van der Waals surface area contributed by atoms with E-state index in [1.807, 2.05) is 39.8 Å². The first-order valence-corrected chi connectivity index (χ1v) is 23.4. The highest BCUT2D eigenvalue weighted by atomic mass is 16.7. The third kappa shape index (κ3) is 13.2. The molecule has 3 aliphatic rings. The van der Waals surface area contributed by atoms with Gasteiger partial charge in [-0.2, -0.15) is 0 Å². The molecular formula is C48H84O14. The van der Waals surface area contributed by atoms with Crippen LogP contribution in [0.25, 0.3) is 0 Å². The minimum absolute atomic E-state index is 0.0714. The molecule has 2 fully saturated rings. The van der Waals surface area contributed by atoms with Crippen LogP contribution in [-0.2, 0) is 19.0 Å². The average molecular weight is 885 g/mol. The van der Waals surface area contributed by atoms with Crippen LogP contribution in [0.1, 0.15) is 127 Å². The van der Waals surface area contributed by atoms with Crippen molar-refractivity contribution in [3.05, 3.63) is 36.5 Å². The molecular weight excluding hydrogens is 801 g/mol. The Kier molecular flexibility index (Phi) is 21.2. The van der Waals surface area contributed by atoms with Crippen molar-refractivity contribution in [1.29, 1.82) is 0 Å². The zero-order valence-electron chi connectivity index (χ0n) is 39.0. The van der Waals surface area contributed by atoms with Crippen molar-refractivity contribution < 1.29 is 70.1 Å². The van der Waals surface area contributed by atoms with Crippen LogP contribution in [0, 0.1) is 47.3 Å². The number of ether oxygens (including phenoxy) is 3. The summed E-state index contributed by atoms with van der Waals surface area (Å²) in [7, 11) is 0. The van der Waals surface area contributed by atoms with Crippen molar-refractivity contribution in [3.63, 3.8) is 0 Å². The van der Waals surface area contributed by atoms with E-state index in [2.05, 4.69) is 6.92 Å². The SMILES string of the molecule is CCCC1(O)C(O)C(C)C/C=C/C=C/C(CC(C)O)CCC2OC3(CCC(C)C(C(C)C(O)CC)O3)C(C)C(OC(=O)/C=C/C(C)C(O)C(C)C(O)C(O)C(O)C(O)C1O)C2C. The van der Waals surface area contributed by atoms with E-state index in [-0.39, 0.29) is 49.0 Å². The lowest BCUT2D eigenvalue weighted by Crippen LogP contribution is -2.63. The second-order valence-electron chi connectivity index (χ2n) is 19.6. The summed E-state index contributed by atoms with van der Waals surface area (Å²) in [5, 5.41) is 111. The van der Waals surface area contributed by atoms with Gasteiger partial charge in [0.1, 0.15) is 36.1 Å². The van der Waals surface area contributed by atoms with Crippen LogP contribution in [0.2, 0.25) is 0 Å². The number of aliphatic hydroxyl groups excluding tert-OH is 9. The number of allylic oxidation sites excluding steroid dienone is 4. The first kappa shape index (κ1) is 54.5. The standard InChI is InChI=1S/C48H84O14/c1-11-23-47(59)45(57)28(5)16-14-13-15-17-34(25-29(6)49)19-20-36-31(8)44(33(10)48(61-36)24-22-27(4)43(62-48)30(7)35(50)12-2)60-37(51)21-18-26(3)38(52)32(9)39(53)40(54)41(55)42(56)46(47)58/h13-15,17-18,21,26-36,38-46,49-50,52-59H,11-12,16,19-20,22-25H2,1-10H3/b14-13+,17-15+,21-18+. The van der Waals surface area contributed by atoms with Gasteiger partial charge in [-0.15, -0.1) is 0 Å². The van der Waals surface area contributed by atoms with Gasteiger partial charge in [0.05, 0.1) is 42.7 Å². The number of rotatable bonds is 7. The van der Waals surface area contributed by atoms with E-state index >= 15 is 0 Å². The smallest absolute Gasteiger partial charge is 0.330 e. The summed E-state index contributed by atoms with van der Waals surface area (Å²) in [4.78, 5) is 13.7. The molecule has 14 nitrogen and oxygen atoms in total. The van der Waals surface area contributed by atoms with Crippen LogP contribution in [0.3, 0.4) is 0 Å². The summed E-state index contributed by atoms with van der Waals surface area (Å²) in [6.45, 7) is 18.1. The molecule has 3 heterocycles. The van der Waals surface area contributed by atoms with E-state index in [1.54, 1.807) is 39.8 Å². The van der Waals surface area contributed by atoms with E-state index in [1.165, 1.54) is 19.1 Å². The number of carbonyl (C=O) groups is 1. The average Bonchev–Trinajstić information content (AvgIpc) is 3.24. The molecule has 360 valence electrons. The molecule has 22 atom stereocenters. The summed E-state index contributed by atoms with van der Waals surface area (Å²) >= 11 is 0. The number of carbonyl (C=O) groups excluding carboxylic acids is 1. The quantitative estimate of drug-likeness (QED) is 0.164. The predicted octanol–water partition coefficient (Wildman–Crippen LogP) is 3.69. The Morgan fingerprint density at radius 1 is 0.758 bits per heavy atom. The first-order chi connectivity index (χ1) is 29.0. The molecule has 14 heteroatoms. The maximum Gasteiger partial charge on any atom is 0.330 e. The number of aliphatic hydroxyl groups is 10. The largest absolute Gasteiger partial charge is 0.458 e. The highest BCUT2D eigenvalue weighted by Crippen LogP contribution is 2.49. The first-order valence-electron chi connectivity index (χ1n) is 23.4. The minimum atomic E-state index is -2.31. The molecule has 3 aliphatic heterocycles. The maximum absolute atomic E-state index is 13.7. The van der Waals surface area contributed by atoms with Crippen molar-refractivity contribution in [2.45, 2.75) is 212 Å². The summed E-state index contributed by atoms with van der Waals surface area (Å²) in [6, 6.07) is 0. The van der Waals surface area contributed by atoms with Gasteiger partial charge < -0.3 is 65.3 Å². The number of hydrogen-bond donors (Lipinski definition) is 10. The molecule has 22 unspecified atom stereocenters. The molecule has 10 N–H and O–H groups in total. The zero-order valence-corrected chi connectivity index (χ0v) is 39.0. The molecule has 2 saturated heterocycles. The molecule has 0 aromatic heterocycles. The second kappa shape index (κ2) is 24.1. The lowest BCUT2D eigenvalue weighted by atomic mass is 9.73. The van der Waals surface area contributed by atoms with E-state index in [0.29, 0.717) is 32.1 Å². The van der Waals surface area contributed by atoms with Crippen molar-refractivity contribution in [2.75, 3.05) is 0 Å². The normalized spacial score (nSPS) is 46.8. The van der Waals surface area contributed by atoms with Crippen molar-refractivity contribution in [1.82, 2.24) is 0 Å². The Labute approximate surface area is 370 Å². The molecule has 0 aliphatic carbocycles. The summed E-state index contributed by atoms with van der Waals surface area (Å²) in [5.74, 6) is -5.10. The molecule has 0 aromatic carbocycles. The van der Waals surface area contributed by atoms with E-state index in [0.717, 1.165) is 6.42 Å². The van der Waals surface area contributed by atoms with E-state index in [4.69, 9.17) is 14.2 Å². The van der Waals surface area contributed by atoms with Gasteiger partial charge in [-0.3, -0.25) is 0 Å². The summed E-state index contributed by atoms with van der Waals surface area (Å²) in [6.07, 6.45) is -1.90. The summed E-state index contributed by atoms with van der Waals surface area (Å²) < 4.78 is 20.3. The van der Waals surface area contributed by atoms with Crippen LogP contribution < -0.4 is 0 Å². The van der Waals surface area contributed by atoms with Gasteiger partial charge in [0.2, 0.25) is 0 Å². The van der Waals surface area contributed by atoms with Gasteiger partial charge >= 0.3 is 5.97 Å². The second-order valence-corrected chi connectivity index (χ2v) is 19.6. The van der Waals surface area contributed by atoms with Gasteiger partial charge in [0, 0.05) is 42.1 Å². The highest BCUT2D eigenvalue weighted by Gasteiger charge is 2.57. The number of fused-ring (bicyclic) bond motifs is 2. The van der Waals surface area contributed by atoms with Crippen molar-refractivity contribution >= 4 is 5.97 Å². The molecule has 62 heavy (non-hydrogen) atoms. The number of esters is 1. The highest BCUT2D eigenvalue weighted by molar-refractivity contribution is 5.82. The van der Waals surface area contributed by atoms with Crippen LogP contribution >= 0.6 is 0 Å². The monoisotopic (exact) mass is 885 g/mol. The Hall–Kier alpha value is -1.79. The molecule has 3 rings (SSSR count). The summed E-state index contributed by atoms with van der Waals surface area (Å²) in [5.41, 5.74) is -2.31. The van der Waals surface area contributed by atoms with Gasteiger partial charge in [-0.05, 0) is 69.6 Å². The Bertz CT molecular complexity index is 1440. The molecule has 0 amide bonds. The van der Waals surface area contributed by atoms with Gasteiger partial charge in [0.15, 0.2) is 5.79 Å². The molecule has 0 radical (unpaired) electrons. The van der Waals surface area contributed by atoms with E-state index in [9.17, 15) is 55.9 Å². The Balaban J connectivity index is 2.07. The molecule has 1 spiro atoms. The van der Waals surface area contributed by atoms with Crippen LogP contribution in [0.4, 0.5) is 0 Å². The van der Waals surface area contributed by atoms with Crippen LogP contribution in [-0.4, -0.2) is 142 Å². The third-order valence-electron chi connectivity index (χ3n) is 14.6. The molecule has 2 bridgehead atoms. The third-order valence-corrected chi connectivity index (χ3v) is 14.6. The van der Waals surface area contributed by atoms with Crippen molar-refractivity contribution in [3.8, 4) is 0 Å². The fourth-order valence-corrected chi connectivity index (χ4v) is 10.1. The van der Waals surface area contributed by atoms with Gasteiger partial charge in [-0.25, -0.2) is 4.79 Å². The van der Waals surface area contributed by atoms with Crippen molar-refractivity contribution in [2.24, 2.45) is 47.3 Å². The Morgan fingerprint density at radius 2 is 1.40 bits per heavy atom. The lowest BCUT2D eigenvalue weighted by Gasteiger charge is -2.56. The Morgan fingerprint density at radius 3 is 2.02 bits per heavy atom. The fraction of sp³-hybridized carbons (Fsp3) is 0.854. The van der Waals surface area contributed by atoms with Gasteiger partial charge in [-0.1, -0.05) is 99.1 Å². The zero-order chi connectivity index (χ0) is 46.9. The lowest BCUT2D eigenvalue weighted by molar-refractivity contribution is -0.376. The topological polar surface area (TPSA) is 247 Å². The van der Waals surface area contributed by atoms with Crippen LogP contribution in [0.5, 0.6) is 0 Å². The predicted molar refractivity (Wildman–Crippen MR) is 235 cm³/mol. The number of hydrogen-bond acceptors (Lipinski definition) is 14.